The maximum atomic E-state index is 11.1. The van der Waals surface area contributed by atoms with Crippen molar-refractivity contribution in [2.45, 2.75) is 39.5 Å². The van der Waals surface area contributed by atoms with E-state index < -0.39 is 0 Å². The monoisotopic (exact) mass is 178 g/mol. The van der Waals surface area contributed by atoms with Gasteiger partial charge in [0.1, 0.15) is 0 Å². The highest BCUT2D eigenvalue weighted by Crippen LogP contribution is 2.25. The lowest BCUT2D eigenvalue weighted by molar-refractivity contribution is -0.114. The molecular weight excluding hydrogens is 160 g/mol. The van der Waals surface area contributed by atoms with Gasteiger partial charge in [-0.25, -0.2) is 0 Å². The Morgan fingerprint density at radius 1 is 1.69 bits per heavy atom. The van der Waals surface area contributed by atoms with Crippen molar-refractivity contribution in [3.05, 3.63) is 23.8 Å². The van der Waals surface area contributed by atoms with Gasteiger partial charge in [0.15, 0.2) is 5.78 Å². The van der Waals surface area contributed by atoms with Gasteiger partial charge in [-0.1, -0.05) is 24.6 Å². The molecular formula is C12H18O. The molecule has 0 saturated carbocycles. The van der Waals surface area contributed by atoms with E-state index in [0.717, 1.165) is 0 Å². The summed E-state index contributed by atoms with van der Waals surface area (Å²) in [7, 11) is 0. The molecule has 1 atom stereocenters. The van der Waals surface area contributed by atoms with Gasteiger partial charge in [0.05, 0.1) is 0 Å². The van der Waals surface area contributed by atoms with Crippen LogP contribution in [0.5, 0.6) is 0 Å². The summed E-state index contributed by atoms with van der Waals surface area (Å²) in [5, 5.41) is 0. The lowest BCUT2D eigenvalue weighted by Crippen LogP contribution is -2.04. The summed E-state index contributed by atoms with van der Waals surface area (Å²) in [6, 6.07) is 0. The Bertz CT molecular complexity index is 236. The van der Waals surface area contributed by atoms with Crippen molar-refractivity contribution in [2.24, 2.45) is 5.92 Å². The van der Waals surface area contributed by atoms with E-state index in [2.05, 4.69) is 19.1 Å². The van der Waals surface area contributed by atoms with Crippen LogP contribution in [0.15, 0.2) is 23.8 Å². The third-order valence-corrected chi connectivity index (χ3v) is 2.63. The molecule has 0 heterocycles. The molecule has 1 nitrogen and oxygen atoms in total. The third-order valence-electron chi connectivity index (χ3n) is 2.63. The summed E-state index contributed by atoms with van der Waals surface area (Å²) < 4.78 is 0. The maximum Gasteiger partial charge on any atom is 0.155 e. The highest BCUT2D eigenvalue weighted by Gasteiger charge is 2.10. The summed E-state index contributed by atoms with van der Waals surface area (Å²) in [4.78, 5) is 11.1. The molecule has 13 heavy (non-hydrogen) atoms. The van der Waals surface area contributed by atoms with Crippen LogP contribution < -0.4 is 0 Å². The van der Waals surface area contributed by atoms with E-state index in [4.69, 9.17) is 0 Å². The first-order valence-corrected chi connectivity index (χ1v) is 5.11. The number of ketones is 1. The number of carbonyl (C=O) groups excluding carboxylic acids is 1. The van der Waals surface area contributed by atoms with Crippen molar-refractivity contribution in [1.82, 2.24) is 0 Å². The van der Waals surface area contributed by atoms with Crippen LogP contribution in [0.3, 0.4) is 0 Å². The second-order valence-electron chi connectivity index (χ2n) is 3.66. The predicted molar refractivity (Wildman–Crippen MR) is 55.5 cm³/mol. The Hall–Kier alpha value is -0.850. The SMILES string of the molecule is CCC(=O)/C=C/C1CCCC=C1C. The fraction of sp³-hybridized carbons (Fsp3) is 0.583. The fourth-order valence-corrected chi connectivity index (χ4v) is 1.64. The molecule has 1 aliphatic rings. The number of carbonyl (C=O) groups is 1. The van der Waals surface area contributed by atoms with Crippen LogP contribution in [0.2, 0.25) is 0 Å². The summed E-state index contributed by atoms with van der Waals surface area (Å²) in [6.07, 6.45) is 10.4. The van der Waals surface area contributed by atoms with Crippen LogP contribution >= 0.6 is 0 Å². The lowest BCUT2D eigenvalue weighted by Gasteiger charge is -2.17. The highest BCUT2D eigenvalue weighted by atomic mass is 16.1. The van der Waals surface area contributed by atoms with E-state index in [-0.39, 0.29) is 5.78 Å². The molecule has 1 heteroatoms. The van der Waals surface area contributed by atoms with E-state index in [0.29, 0.717) is 12.3 Å². The van der Waals surface area contributed by atoms with Crippen molar-refractivity contribution in [3.63, 3.8) is 0 Å². The molecule has 0 N–H and O–H groups in total. The zero-order valence-corrected chi connectivity index (χ0v) is 8.55. The minimum atomic E-state index is 0.235. The molecule has 72 valence electrons. The maximum absolute atomic E-state index is 11.1. The molecule has 0 spiro atoms. The molecule has 0 aromatic carbocycles. The summed E-state index contributed by atoms with van der Waals surface area (Å²) in [6.45, 7) is 4.06. The minimum absolute atomic E-state index is 0.235. The molecule has 1 aliphatic carbocycles. The predicted octanol–water partition coefficient (Wildman–Crippen LogP) is 3.27. The molecule has 1 rings (SSSR count). The number of hydrogen-bond donors (Lipinski definition) is 0. The van der Waals surface area contributed by atoms with Crippen LogP contribution in [0.25, 0.3) is 0 Å². The smallest absolute Gasteiger partial charge is 0.155 e. The molecule has 0 aromatic rings. The summed E-state index contributed by atoms with van der Waals surface area (Å²) in [5.41, 5.74) is 1.42. The van der Waals surface area contributed by atoms with Gasteiger partial charge >= 0.3 is 0 Å². The normalized spacial score (nSPS) is 23.2. The summed E-state index contributed by atoms with van der Waals surface area (Å²) in [5.74, 6) is 0.752. The van der Waals surface area contributed by atoms with E-state index >= 15 is 0 Å². The molecule has 0 saturated heterocycles. The first-order chi connectivity index (χ1) is 6.24. The number of hydrogen-bond acceptors (Lipinski definition) is 1. The summed E-state index contributed by atoms with van der Waals surface area (Å²) >= 11 is 0. The zero-order chi connectivity index (χ0) is 9.68. The van der Waals surface area contributed by atoms with Crippen molar-refractivity contribution in [3.8, 4) is 0 Å². The van der Waals surface area contributed by atoms with Crippen LogP contribution in [-0.2, 0) is 4.79 Å². The molecule has 0 radical (unpaired) electrons. The van der Waals surface area contributed by atoms with Gasteiger partial charge < -0.3 is 0 Å². The van der Waals surface area contributed by atoms with Crippen molar-refractivity contribution in [2.75, 3.05) is 0 Å². The van der Waals surface area contributed by atoms with Crippen molar-refractivity contribution in [1.29, 1.82) is 0 Å². The Morgan fingerprint density at radius 3 is 3.08 bits per heavy atom. The molecule has 1 unspecified atom stereocenters. The van der Waals surface area contributed by atoms with E-state index in [9.17, 15) is 4.79 Å². The first kappa shape index (κ1) is 10.2. The van der Waals surface area contributed by atoms with Gasteiger partial charge in [0, 0.05) is 6.42 Å². The Balaban J connectivity index is 2.52. The highest BCUT2D eigenvalue weighted by molar-refractivity contribution is 5.89. The Morgan fingerprint density at radius 2 is 2.46 bits per heavy atom. The van der Waals surface area contributed by atoms with Gasteiger partial charge in [-0.3, -0.25) is 4.79 Å². The Labute approximate surface area is 80.5 Å². The molecule has 0 aliphatic heterocycles. The second-order valence-corrected chi connectivity index (χ2v) is 3.66. The molecule has 0 amide bonds. The standard InChI is InChI=1S/C12H18O/c1-3-12(13)9-8-11-7-5-4-6-10(11)2/h6,8-9,11H,3-5,7H2,1-2H3/b9-8+. The molecule has 0 fully saturated rings. The van der Waals surface area contributed by atoms with Gasteiger partial charge in [0.25, 0.3) is 0 Å². The largest absolute Gasteiger partial charge is 0.295 e. The van der Waals surface area contributed by atoms with Gasteiger partial charge in [-0.2, -0.15) is 0 Å². The topological polar surface area (TPSA) is 17.1 Å². The first-order valence-electron chi connectivity index (χ1n) is 5.11. The zero-order valence-electron chi connectivity index (χ0n) is 8.55. The average molecular weight is 178 g/mol. The van der Waals surface area contributed by atoms with Gasteiger partial charge in [0.2, 0.25) is 0 Å². The van der Waals surface area contributed by atoms with Crippen LogP contribution in [-0.4, -0.2) is 5.78 Å². The van der Waals surface area contributed by atoms with E-state index in [1.165, 1.54) is 24.8 Å². The van der Waals surface area contributed by atoms with Crippen molar-refractivity contribution >= 4 is 5.78 Å². The van der Waals surface area contributed by atoms with Gasteiger partial charge in [-0.15, -0.1) is 0 Å². The minimum Gasteiger partial charge on any atom is -0.295 e. The number of rotatable bonds is 3. The van der Waals surface area contributed by atoms with Crippen LogP contribution in [0.1, 0.15) is 39.5 Å². The van der Waals surface area contributed by atoms with Crippen LogP contribution in [0, 0.1) is 5.92 Å². The van der Waals surface area contributed by atoms with E-state index in [1.807, 2.05) is 6.92 Å². The average Bonchev–Trinajstić information content (AvgIpc) is 2.16. The molecule has 0 bridgehead atoms. The Kier molecular flexibility index (Phi) is 3.94. The number of allylic oxidation sites excluding steroid dienone is 4. The van der Waals surface area contributed by atoms with Gasteiger partial charge in [-0.05, 0) is 38.2 Å². The molecule has 0 aromatic heterocycles. The lowest BCUT2D eigenvalue weighted by atomic mass is 9.88. The quantitative estimate of drug-likeness (QED) is 0.479. The fourth-order valence-electron chi connectivity index (χ4n) is 1.64. The third kappa shape index (κ3) is 3.17. The van der Waals surface area contributed by atoms with Crippen molar-refractivity contribution < 1.29 is 4.79 Å². The van der Waals surface area contributed by atoms with Crippen LogP contribution in [0.4, 0.5) is 0 Å². The van der Waals surface area contributed by atoms with E-state index in [1.54, 1.807) is 6.08 Å². The second kappa shape index (κ2) is 5.00.